The molecule has 6 atom stereocenters. The maximum Gasteiger partial charge on any atom is 0.0603 e. The van der Waals surface area contributed by atoms with Crippen molar-refractivity contribution < 1.29 is 4.74 Å². The first-order valence-corrected chi connectivity index (χ1v) is 10.7. The Bertz CT molecular complexity index is 391. The predicted octanol–water partition coefficient (Wildman–Crippen LogP) is 6.14. The monoisotopic (exact) mass is 335 g/mol. The Morgan fingerprint density at radius 2 is 1.79 bits per heavy atom. The van der Waals surface area contributed by atoms with Crippen molar-refractivity contribution in [2.75, 3.05) is 13.7 Å². The fourth-order valence-electron chi connectivity index (χ4n) is 5.32. The fraction of sp³-hybridized carbons (Fsp3) is 0.955. The average molecular weight is 336 g/mol. The number of rotatable bonds is 7. The number of aliphatic imine (C=N–C) groups is 1. The molecule has 140 valence electrons. The summed E-state index contributed by atoms with van der Waals surface area (Å²) in [4.78, 5) is 4.89. The van der Waals surface area contributed by atoms with Gasteiger partial charge in [-0.15, -0.1) is 0 Å². The number of hydrogen-bond donors (Lipinski definition) is 0. The van der Waals surface area contributed by atoms with Gasteiger partial charge in [-0.25, -0.2) is 0 Å². The molecule has 2 nitrogen and oxygen atoms in total. The Morgan fingerprint density at radius 1 is 1.04 bits per heavy atom. The average Bonchev–Trinajstić information content (AvgIpc) is 2.60. The van der Waals surface area contributed by atoms with Gasteiger partial charge in [0.1, 0.15) is 0 Å². The highest BCUT2D eigenvalue weighted by Gasteiger charge is 2.37. The summed E-state index contributed by atoms with van der Waals surface area (Å²) in [5.74, 6) is 3.74. The van der Waals surface area contributed by atoms with Gasteiger partial charge >= 0.3 is 0 Å². The van der Waals surface area contributed by atoms with E-state index in [-0.39, 0.29) is 0 Å². The third-order valence-electron chi connectivity index (χ3n) is 6.84. The molecule has 2 fully saturated rings. The van der Waals surface area contributed by atoms with Crippen molar-refractivity contribution >= 4 is 5.71 Å². The highest BCUT2D eigenvalue weighted by molar-refractivity contribution is 5.89. The summed E-state index contributed by atoms with van der Waals surface area (Å²) < 4.78 is 6.21. The van der Waals surface area contributed by atoms with Crippen molar-refractivity contribution in [1.29, 1.82) is 0 Å². The van der Waals surface area contributed by atoms with E-state index in [1.807, 2.05) is 0 Å². The zero-order chi connectivity index (χ0) is 17.5. The van der Waals surface area contributed by atoms with Gasteiger partial charge in [0.25, 0.3) is 0 Å². The largest absolute Gasteiger partial charge is 0.378 e. The minimum Gasteiger partial charge on any atom is -0.378 e. The van der Waals surface area contributed by atoms with Crippen molar-refractivity contribution in [1.82, 2.24) is 0 Å². The molecule has 2 saturated carbocycles. The van der Waals surface area contributed by atoms with Crippen LogP contribution in [0.2, 0.25) is 0 Å². The van der Waals surface area contributed by atoms with Crippen LogP contribution in [0.15, 0.2) is 4.99 Å². The molecule has 0 aliphatic heterocycles. The van der Waals surface area contributed by atoms with E-state index in [1.54, 1.807) is 5.71 Å². The van der Waals surface area contributed by atoms with Crippen LogP contribution >= 0.6 is 0 Å². The molecule has 0 N–H and O–H groups in total. The molecule has 0 radical (unpaired) electrons. The SMILES string of the molecule is CCCOC1CC(C(CC)C(=NC)C2CCCCC2C)CCC1C. The Labute approximate surface area is 150 Å². The van der Waals surface area contributed by atoms with Crippen LogP contribution in [0.1, 0.15) is 85.5 Å². The van der Waals surface area contributed by atoms with E-state index >= 15 is 0 Å². The van der Waals surface area contributed by atoms with Gasteiger partial charge in [0.05, 0.1) is 6.10 Å². The lowest BCUT2D eigenvalue weighted by molar-refractivity contribution is -0.0253. The molecular weight excluding hydrogens is 294 g/mol. The fourth-order valence-corrected chi connectivity index (χ4v) is 5.32. The molecule has 2 aliphatic rings. The van der Waals surface area contributed by atoms with Crippen LogP contribution in [0.5, 0.6) is 0 Å². The number of nitrogens with zero attached hydrogens (tertiary/aromatic N) is 1. The Kier molecular flexibility index (Phi) is 8.27. The van der Waals surface area contributed by atoms with Gasteiger partial charge in [-0.2, -0.15) is 0 Å². The van der Waals surface area contributed by atoms with Crippen molar-refractivity contribution in [3.8, 4) is 0 Å². The Hall–Kier alpha value is -0.370. The van der Waals surface area contributed by atoms with Gasteiger partial charge in [0.15, 0.2) is 0 Å². The molecule has 0 aromatic rings. The van der Waals surface area contributed by atoms with Crippen LogP contribution in [0.25, 0.3) is 0 Å². The van der Waals surface area contributed by atoms with Gasteiger partial charge < -0.3 is 4.74 Å². The first kappa shape index (κ1) is 19.9. The highest BCUT2D eigenvalue weighted by Crippen LogP contribution is 2.41. The van der Waals surface area contributed by atoms with Crippen LogP contribution < -0.4 is 0 Å². The van der Waals surface area contributed by atoms with Crippen molar-refractivity contribution in [2.45, 2.75) is 91.6 Å². The van der Waals surface area contributed by atoms with Gasteiger partial charge in [-0.3, -0.25) is 4.99 Å². The highest BCUT2D eigenvalue weighted by atomic mass is 16.5. The molecule has 0 saturated heterocycles. The summed E-state index contributed by atoms with van der Waals surface area (Å²) in [6, 6.07) is 0. The molecule has 6 unspecified atom stereocenters. The molecule has 0 heterocycles. The summed E-state index contributed by atoms with van der Waals surface area (Å²) >= 11 is 0. The quantitative estimate of drug-likeness (QED) is 0.512. The zero-order valence-corrected chi connectivity index (χ0v) is 16.9. The van der Waals surface area contributed by atoms with Gasteiger partial charge in [0, 0.05) is 19.4 Å². The molecule has 0 amide bonds. The molecule has 0 aromatic heterocycles. The second-order valence-corrected chi connectivity index (χ2v) is 8.49. The standard InChI is InChI=1S/C22H41NO/c1-6-14-24-21-15-18(13-12-17(21)4)19(7-2)22(23-5)20-11-9-8-10-16(20)3/h16-21H,6-15H2,1-5H3. The first-order valence-electron chi connectivity index (χ1n) is 10.7. The van der Waals surface area contributed by atoms with E-state index in [1.165, 1.54) is 51.4 Å². The lowest BCUT2D eigenvalue weighted by Crippen LogP contribution is -2.39. The van der Waals surface area contributed by atoms with Crippen LogP contribution in [-0.2, 0) is 4.74 Å². The molecule has 24 heavy (non-hydrogen) atoms. The van der Waals surface area contributed by atoms with E-state index < -0.39 is 0 Å². The second kappa shape index (κ2) is 9.94. The van der Waals surface area contributed by atoms with Crippen LogP contribution in [0.3, 0.4) is 0 Å². The summed E-state index contributed by atoms with van der Waals surface area (Å²) in [5.41, 5.74) is 1.55. The first-order chi connectivity index (χ1) is 11.6. The summed E-state index contributed by atoms with van der Waals surface area (Å²) in [6.45, 7) is 10.4. The zero-order valence-electron chi connectivity index (χ0n) is 16.9. The Balaban J connectivity index is 2.07. The van der Waals surface area contributed by atoms with Gasteiger partial charge in [0.2, 0.25) is 0 Å². The molecule has 0 spiro atoms. The topological polar surface area (TPSA) is 21.6 Å². The summed E-state index contributed by atoms with van der Waals surface area (Å²) in [6.07, 6.45) is 12.4. The van der Waals surface area contributed by atoms with Crippen molar-refractivity contribution in [3.05, 3.63) is 0 Å². The minimum absolute atomic E-state index is 0.472. The molecular formula is C22H41NO. The smallest absolute Gasteiger partial charge is 0.0603 e. The van der Waals surface area contributed by atoms with Crippen LogP contribution in [-0.4, -0.2) is 25.5 Å². The molecule has 0 aromatic carbocycles. The number of hydrogen-bond acceptors (Lipinski definition) is 2. The molecule has 2 aliphatic carbocycles. The van der Waals surface area contributed by atoms with Crippen LogP contribution in [0.4, 0.5) is 0 Å². The maximum atomic E-state index is 6.21. The minimum atomic E-state index is 0.472. The van der Waals surface area contributed by atoms with E-state index in [0.717, 1.165) is 36.7 Å². The van der Waals surface area contributed by atoms with Crippen molar-refractivity contribution in [2.24, 2.45) is 34.6 Å². The summed E-state index contributed by atoms with van der Waals surface area (Å²) in [5, 5.41) is 0. The molecule has 2 rings (SSSR count). The Morgan fingerprint density at radius 3 is 2.42 bits per heavy atom. The van der Waals surface area contributed by atoms with E-state index in [4.69, 9.17) is 9.73 Å². The predicted molar refractivity (Wildman–Crippen MR) is 105 cm³/mol. The second-order valence-electron chi connectivity index (χ2n) is 8.49. The third kappa shape index (κ3) is 4.84. The lowest BCUT2D eigenvalue weighted by atomic mass is 9.67. The normalized spacial score (nSPS) is 36.5. The molecule has 0 bridgehead atoms. The number of ether oxygens (including phenoxy) is 1. The third-order valence-corrected chi connectivity index (χ3v) is 6.84. The van der Waals surface area contributed by atoms with Crippen LogP contribution in [0, 0.1) is 29.6 Å². The maximum absolute atomic E-state index is 6.21. The van der Waals surface area contributed by atoms with E-state index in [2.05, 4.69) is 34.7 Å². The van der Waals surface area contributed by atoms with Crippen molar-refractivity contribution in [3.63, 3.8) is 0 Å². The van der Waals surface area contributed by atoms with E-state index in [0.29, 0.717) is 12.0 Å². The summed E-state index contributed by atoms with van der Waals surface area (Å²) in [7, 11) is 2.05. The van der Waals surface area contributed by atoms with Gasteiger partial charge in [-0.05, 0) is 68.1 Å². The lowest BCUT2D eigenvalue weighted by Gasteiger charge is -2.41. The molecule has 2 heteroatoms. The van der Waals surface area contributed by atoms with Gasteiger partial charge in [-0.1, -0.05) is 47.0 Å². The van der Waals surface area contributed by atoms with E-state index in [9.17, 15) is 0 Å².